The van der Waals surface area contributed by atoms with Gasteiger partial charge in [0.2, 0.25) is 5.95 Å². The molecule has 1 heterocycles. The summed E-state index contributed by atoms with van der Waals surface area (Å²) in [4.78, 5) is 8.56. The summed E-state index contributed by atoms with van der Waals surface area (Å²) in [5.74, 6) is 0.628. The number of nitrogen functional groups attached to an aromatic ring is 1. The Bertz CT molecular complexity index is 1110. The lowest BCUT2D eigenvalue weighted by Crippen LogP contribution is -1.99. The number of halogens is 1. The molecule has 4 aromatic rings. The van der Waals surface area contributed by atoms with E-state index in [9.17, 15) is 4.39 Å². The van der Waals surface area contributed by atoms with Crippen LogP contribution in [0, 0.1) is 5.82 Å². The second-order valence-corrected chi connectivity index (χ2v) is 5.86. The largest absolute Gasteiger partial charge is 0.496 e. The zero-order valence-corrected chi connectivity index (χ0v) is 14.1. The van der Waals surface area contributed by atoms with Crippen LogP contribution in [-0.2, 0) is 0 Å². The van der Waals surface area contributed by atoms with E-state index in [4.69, 9.17) is 10.5 Å². The molecule has 0 bridgehead atoms. The van der Waals surface area contributed by atoms with Gasteiger partial charge in [0.25, 0.3) is 0 Å². The number of hydrogen-bond acceptors (Lipinski definition) is 4. The topological polar surface area (TPSA) is 61.0 Å². The van der Waals surface area contributed by atoms with Crippen molar-refractivity contribution in [3.8, 4) is 28.1 Å². The summed E-state index contributed by atoms with van der Waals surface area (Å²) in [7, 11) is 1.64. The first-order chi connectivity index (χ1) is 12.7. The SMILES string of the molecule is COc1ccc(-c2nc(N)ncc2-c2cccc(F)c2)c2ccccc12. The van der Waals surface area contributed by atoms with Gasteiger partial charge in [0.05, 0.1) is 12.8 Å². The van der Waals surface area contributed by atoms with Crippen LogP contribution in [0.3, 0.4) is 0 Å². The number of fused-ring (bicyclic) bond motifs is 1. The van der Waals surface area contributed by atoms with Crippen LogP contribution in [0.15, 0.2) is 66.9 Å². The molecule has 1 aromatic heterocycles. The normalized spacial score (nSPS) is 10.8. The third-order valence-electron chi connectivity index (χ3n) is 4.30. The molecule has 4 rings (SSSR count). The molecule has 2 N–H and O–H groups in total. The van der Waals surface area contributed by atoms with Gasteiger partial charge in [-0.25, -0.2) is 14.4 Å². The molecule has 0 aliphatic heterocycles. The van der Waals surface area contributed by atoms with E-state index >= 15 is 0 Å². The summed E-state index contributed by atoms with van der Waals surface area (Å²) in [5.41, 5.74) is 8.80. The third-order valence-corrected chi connectivity index (χ3v) is 4.30. The van der Waals surface area contributed by atoms with Crippen molar-refractivity contribution in [2.45, 2.75) is 0 Å². The van der Waals surface area contributed by atoms with Crippen molar-refractivity contribution in [3.05, 3.63) is 72.7 Å². The minimum absolute atomic E-state index is 0.167. The van der Waals surface area contributed by atoms with E-state index in [0.29, 0.717) is 16.8 Å². The Balaban J connectivity index is 2.03. The van der Waals surface area contributed by atoms with Crippen molar-refractivity contribution in [1.82, 2.24) is 9.97 Å². The zero-order valence-electron chi connectivity index (χ0n) is 14.1. The molecule has 26 heavy (non-hydrogen) atoms. The monoisotopic (exact) mass is 345 g/mol. The highest BCUT2D eigenvalue weighted by Crippen LogP contribution is 2.38. The molecule has 0 spiro atoms. The van der Waals surface area contributed by atoms with Gasteiger partial charge in [0, 0.05) is 22.7 Å². The van der Waals surface area contributed by atoms with Crippen molar-refractivity contribution < 1.29 is 9.13 Å². The molecule has 0 radical (unpaired) electrons. The van der Waals surface area contributed by atoms with Crippen molar-refractivity contribution in [2.75, 3.05) is 12.8 Å². The number of nitrogens with zero attached hydrogens (tertiary/aromatic N) is 2. The average Bonchev–Trinajstić information content (AvgIpc) is 2.67. The molecule has 0 fully saturated rings. The Morgan fingerprint density at radius 1 is 0.923 bits per heavy atom. The second kappa shape index (κ2) is 6.44. The predicted octanol–water partition coefficient (Wildman–Crippen LogP) is 4.69. The van der Waals surface area contributed by atoms with Crippen LogP contribution in [0.4, 0.5) is 10.3 Å². The molecule has 0 aliphatic rings. The Hall–Kier alpha value is -3.47. The number of ether oxygens (including phenoxy) is 1. The van der Waals surface area contributed by atoms with Crippen LogP contribution >= 0.6 is 0 Å². The summed E-state index contributed by atoms with van der Waals surface area (Å²) < 4.78 is 19.2. The van der Waals surface area contributed by atoms with Gasteiger partial charge in [0.1, 0.15) is 11.6 Å². The molecule has 0 saturated heterocycles. The summed E-state index contributed by atoms with van der Waals surface area (Å²) >= 11 is 0. The Morgan fingerprint density at radius 2 is 1.73 bits per heavy atom. The first-order valence-electron chi connectivity index (χ1n) is 8.12. The van der Waals surface area contributed by atoms with E-state index in [0.717, 1.165) is 22.1 Å². The van der Waals surface area contributed by atoms with Gasteiger partial charge in [-0.1, -0.05) is 36.4 Å². The quantitative estimate of drug-likeness (QED) is 0.585. The highest BCUT2D eigenvalue weighted by atomic mass is 19.1. The summed E-state index contributed by atoms with van der Waals surface area (Å²) in [6.45, 7) is 0. The van der Waals surface area contributed by atoms with E-state index in [2.05, 4.69) is 9.97 Å². The van der Waals surface area contributed by atoms with Crippen LogP contribution in [0.1, 0.15) is 0 Å². The summed E-state index contributed by atoms with van der Waals surface area (Å²) in [5, 5.41) is 1.94. The van der Waals surface area contributed by atoms with Crippen LogP contribution in [0.25, 0.3) is 33.2 Å². The summed E-state index contributed by atoms with van der Waals surface area (Å²) in [6.07, 6.45) is 1.63. The van der Waals surface area contributed by atoms with Gasteiger partial charge < -0.3 is 10.5 Å². The maximum atomic E-state index is 13.7. The van der Waals surface area contributed by atoms with Crippen molar-refractivity contribution in [3.63, 3.8) is 0 Å². The number of aromatic nitrogens is 2. The number of hydrogen-bond donors (Lipinski definition) is 1. The lowest BCUT2D eigenvalue weighted by molar-refractivity contribution is 0.420. The minimum atomic E-state index is -0.315. The third kappa shape index (κ3) is 2.73. The Kier molecular flexibility index (Phi) is 3.97. The highest BCUT2D eigenvalue weighted by Gasteiger charge is 2.15. The molecule has 0 aliphatic carbocycles. The first-order valence-corrected chi connectivity index (χ1v) is 8.12. The summed E-state index contributed by atoms with van der Waals surface area (Å²) in [6, 6.07) is 18.1. The van der Waals surface area contributed by atoms with Crippen molar-refractivity contribution in [1.29, 1.82) is 0 Å². The lowest BCUT2D eigenvalue weighted by atomic mass is 9.96. The van der Waals surface area contributed by atoms with Gasteiger partial charge in [0.15, 0.2) is 0 Å². The minimum Gasteiger partial charge on any atom is -0.496 e. The second-order valence-electron chi connectivity index (χ2n) is 5.86. The number of benzene rings is 3. The number of methoxy groups -OCH3 is 1. The molecule has 3 aromatic carbocycles. The van der Waals surface area contributed by atoms with Crippen molar-refractivity contribution in [2.24, 2.45) is 0 Å². The van der Waals surface area contributed by atoms with E-state index in [-0.39, 0.29) is 11.8 Å². The molecule has 128 valence electrons. The fraction of sp³-hybridized carbons (Fsp3) is 0.0476. The Labute approximate surface area is 150 Å². The number of anilines is 1. The maximum Gasteiger partial charge on any atom is 0.220 e. The van der Waals surface area contributed by atoms with Crippen LogP contribution in [0.5, 0.6) is 5.75 Å². The lowest BCUT2D eigenvalue weighted by Gasteiger charge is -2.14. The van der Waals surface area contributed by atoms with Gasteiger partial charge in [-0.15, -0.1) is 0 Å². The van der Waals surface area contributed by atoms with Crippen molar-refractivity contribution >= 4 is 16.7 Å². The van der Waals surface area contributed by atoms with Crippen LogP contribution in [0.2, 0.25) is 0 Å². The van der Waals surface area contributed by atoms with E-state index in [1.165, 1.54) is 12.1 Å². The molecule has 5 heteroatoms. The van der Waals surface area contributed by atoms with Gasteiger partial charge in [-0.2, -0.15) is 0 Å². The zero-order chi connectivity index (χ0) is 18.1. The molecule has 0 unspecified atom stereocenters. The van der Waals surface area contributed by atoms with E-state index in [1.54, 1.807) is 19.4 Å². The van der Waals surface area contributed by atoms with Gasteiger partial charge in [-0.05, 0) is 35.2 Å². The number of rotatable bonds is 3. The fourth-order valence-electron chi connectivity index (χ4n) is 3.12. The maximum absolute atomic E-state index is 13.7. The predicted molar refractivity (Wildman–Crippen MR) is 101 cm³/mol. The molecule has 0 saturated carbocycles. The van der Waals surface area contributed by atoms with E-state index < -0.39 is 0 Å². The first kappa shape index (κ1) is 16.0. The average molecular weight is 345 g/mol. The molecule has 4 nitrogen and oxygen atoms in total. The van der Waals surface area contributed by atoms with Crippen LogP contribution in [-0.4, -0.2) is 17.1 Å². The molecule has 0 amide bonds. The molecular formula is C21H16FN3O. The van der Waals surface area contributed by atoms with Crippen LogP contribution < -0.4 is 10.5 Å². The fourth-order valence-corrected chi connectivity index (χ4v) is 3.12. The van der Waals surface area contributed by atoms with Gasteiger partial charge in [-0.3, -0.25) is 0 Å². The van der Waals surface area contributed by atoms with E-state index in [1.807, 2.05) is 42.5 Å². The molecule has 0 atom stereocenters. The smallest absolute Gasteiger partial charge is 0.220 e. The highest BCUT2D eigenvalue weighted by molar-refractivity contribution is 6.02. The standard InChI is InChI=1S/C21H16FN3O/c1-26-19-10-9-17(15-7-2-3-8-16(15)19)20-18(12-24-21(23)25-20)13-5-4-6-14(22)11-13/h2-12H,1H3,(H2,23,24,25). The van der Waals surface area contributed by atoms with Gasteiger partial charge >= 0.3 is 0 Å². The Morgan fingerprint density at radius 3 is 2.50 bits per heavy atom. The number of nitrogens with two attached hydrogens (primary N) is 1. The molecular weight excluding hydrogens is 329 g/mol.